The molecule has 0 fully saturated rings. The van der Waals surface area contributed by atoms with Gasteiger partial charge in [-0.25, -0.2) is 0 Å². The zero-order chi connectivity index (χ0) is 23.6. The molecule has 1 aliphatic heterocycles. The second-order valence-electron chi connectivity index (χ2n) is 8.38. The summed E-state index contributed by atoms with van der Waals surface area (Å²) in [4.78, 5) is 38.6. The lowest BCUT2D eigenvalue weighted by molar-refractivity contribution is -0.383. The summed E-state index contributed by atoms with van der Waals surface area (Å²) >= 11 is 0. The molecule has 0 aliphatic carbocycles. The summed E-state index contributed by atoms with van der Waals surface area (Å²) in [5, 5.41) is 14.4. The minimum absolute atomic E-state index is 0.0592. The van der Waals surface area contributed by atoms with E-state index in [1.165, 1.54) is 12.1 Å². The molecule has 4 rings (SSSR count). The summed E-state index contributed by atoms with van der Waals surface area (Å²) in [7, 11) is 0. The Hall–Kier alpha value is -4.26. The van der Waals surface area contributed by atoms with Gasteiger partial charge in [-0.15, -0.1) is 0 Å². The fraction of sp³-hybridized carbons (Fsp3) is 0.154. The molecule has 0 saturated heterocycles. The lowest BCUT2D eigenvalue weighted by Crippen LogP contribution is -2.35. The number of benzene rings is 3. The number of hydrogen-bond acceptors (Lipinski definition) is 4. The summed E-state index contributed by atoms with van der Waals surface area (Å²) in [5.74, 6) is -0.645. The standard InChI is InChI=1S/C26H23N3O4/c1-26(2)20-15-21(27-24(30)14-13-18-9-5-3-6-10-18)23(29(32)33)16-22(20)28(25(26)31)17-19-11-7-4-8-12-19/h3-16H,17H2,1-2H3,(H,27,30). The Morgan fingerprint density at radius 2 is 1.70 bits per heavy atom. The molecule has 33 heavy (non-hydrogen) atoms. The molecular weight excluding hydrogens is 418 g/mol. The van der Waals surface area contributed by atoms with Crippen molar-refractivity contribution >= 4 is 35.0 Å². The number of carbonyl (C=O) groups excluding carboxylic acids is 2. The van der Waals surface area contributed by atoms with Crippen LogP contribution in [0.15, 0.2) is 78.9 Å². The van der Waals surface area contributed by atoms with Crippen molar-refractivity contribution in [2.45, 2.75) is 25.8 Å². The maximum absolute atomic E-state index is 13.2. The topological polar surface area (TPSA) is 92.6 Å². The Morgan fingerprint density at radius 1 is 1.06 bits per heavy atom. The monoisotopic (exact) mass is 441 g/mol. The molecule has 0 atom stereocenters. The van der Waals surface area contributed by atoms with E-state index in [9.17, 15) is 19.7 Å². The summed E-state index contributed by atoms with van der Waals surface area (Å²) in [6.45, 7) is 3.87. The van der Waals surface area contributed by atoms with Crippen LogP contribution < -0.4 is 10.2 Å². The van der Waals surface area contributed by atoms with Crippen LogP contribution in [0, 0.1) is 10.1 Å². The van der Waals surface area contributed by atoms with E-state index in [2.05, 4.69) is 5.32 Å². The smallest absolute Gasteiger partial charge is 0.294 e. The van der Waals surface area contributed by atoms with Crippen LogP contribution in [-0.4, -0.2) is 16.7 Å². The van der Waals surface area contributed by atoms with Crippen molar-refractivity contribution in [2.24, 2.45) is 0 Å². The van der Waals surface area contributed by atoms with E-state index in [1.54, 1.807) is 30.9 Å². The molecule has 3 aromatic carbocycles. The largest absolute Gasteiger partial charge is 0.317 e. The molecule has 0 aromatic heterocycles. The van der Waals surface area contributed by atoms with E-state index in [-0.39, 0.29) is 17.3 Å². The van der Waals surface area contributed by atoms with Gasteiger partial charge in [-0.3, -0.25) is 19.7 Å². The van der Waals surface area contributed by atoms with Crippen LogP contribution in [-0.2, 0) is 21.5 Å². The minimum atomic E-state index is -0.890. The Bertz CT molecular complexity index is 1250. The van der Waals surface area contributed by atoms with Gasteiger partial charge in [-0.2, -0.15) is 0 Å². The highest BCUT2D eigenvalue weighted by Crippen LogP contribution is 2.46. The van der Waals surface area contributed by atoms with Gasteiger partial charge in [0, 0.05) is 12.1 Å². The molecule has 1 heterocycles. The zero-order valence-corrected chi connectivity index (χ0v) is 18.3. The highest BCUT2D eigenvalue weighted by Gasteiger charge is 2.45. The highest BCUT2D eigenvalue weighted by atomic mass is 16.6. The van der Waals surface area contributed by atoms with Gasteiger partial charge in [0.2, 0.25) is 11.8 Å². The third-order valence-corrected chi connectivity index (χ3v) is 5.72. The lowest BCUT2D eigenvalue weighted by atomic mass is 9.85. The van der Waals surface area contributed by atoms with Crippen molar-refractivity contribution in [1.29, 1.82) is 0 Å². The summed E-state index contributed by atoms with van der Waals surface area (Å²) in [6, 6.07) is 21.6. The van der Waals surface area contributed by atoms with E-state index in [0.717, 1.165) is 11.1 Å². The van der Waals surface area contributed by atoms with Crippen LogP contribution in [0.1, 0.15) is 30.5 Å². The molecule has 2 amide bonds. The van der Waals surface area contributed by atoms with Crippen LogP contribution in [0.25, 0.3) is 6.08 Å². The molecule has 0 radical (unpaired) electrons. The minimum Gasteiger partial charge on any atom is -0.317 e. The number of anilines is 2. The number of carbonyl (C=O) groups is 2. The third-order valence-electron chi connectivity index (χ3n) is 5.72. The molecule has 0 spiro atoms. The number of nitro benzene ring substituents is 1. The average molecular weight is 441 g/mol. The molecule has 7 heteroatoms. The van der Waals surface area contributed by atoms with Gasteiger partial charge in [0.15, 0.2) is 0 Å². The van der Waals surface area contributed by atoms with Crippen molar-refractivity contribution in [2.75, 3.05) is 10.2 Å². The number of amides is 2. The fourth-order valence-electron chi connectivity index (χ4n) is 3.95. The van der Waals surface area contributed by atoms with Gasteiger partial charge in [-0.1, -0.05) is 60.7 Å². The first-order chi connectivity index (χ1) is 15.8. The van der Waals surface area contributed by atoms with Gasteiger partial charge < -0.3 is 10.2 Å². The molecule has 0 unspecified atom stereocenters. The quantitative estimate of drug-likeness (QED) is 0.328. The Labute approximate surface area is 191 Å². The first-order valence-corrected chi connectivity index (χ1v) is 10.5. The van der Waals surface area contributed by atoms with Crippen LogP contribution in [0.3, 0.4) is 0 Å². The SMILES string of the molecule is CC1(C)C(=O)N(Cc2ccccc2)c2cc([N+](=O)[O-])c(NC(=O)C=Cc3ccccc3)cc21. The van der Waals surface area contributed by atoms with E-state index in [0.29, 0.717) is 17.8 Å². The van der Waals surface area contributed by atoms with E-state index in [4.69, 9.17) is 0 Å². The Balaban J connectivity index is 1.69. The first-order valence-electron chi connectivity index (χ1n) is 10.5. The predicted molar refractivity (Wildman–Crippen MR) is 128 cm³/mol. The lowest BCUT2D eigenvalue weighted by Gasteiger charge is -2.20. The molecule has 3 aromatic rings. The molecular formula is C26H23N3O4. The predicted octanol–water partition coefficient (Wildman–Crippen LogP) is 5.07. The molecule has 1 aliphatic rings. The van der Waals surface area contributed by atoms with Gasteiger partial charge in [-0.05, 0) is 42.7 Å². The van der Waals surface area contributed by atoms with Crippen LogP contribution in [0.5, 0.6) is 0 Å². The van der Waals surface area contributed by atoms with E-state index < -0.39 is 16.2 Å². The van der Waals surface area contributed by atoms with Crippen molar-refractivity contribution < 1.29 is 14.5 Å². The first kappa shape index (κ1) is 22.0. The van der Waals surface area contributed by atoms with Gasteiger partial charge in [0.25, 0.3) is 5.69 Å². The van der Waals surface area contributed by atoms with Crippen molar-refractivity contribution in [3.05, 3.63) is 106 Å². The Kier molecular flexibility index (Phi) is 5.79. The van der Waals surface area contributed by atoms with Crippen LogP contribution in [0.4, 0.5) is 17.1 Å². The molecule has 0 bridgehead atoms. The van der Waals surface area contributed by atoms with Crippen molar-refractivity contribution in [3.63, 3.8) is 0 Å². The number of rotatable bonds is 6. The van der Waals surface area contributed by atoms with Crippen molar-refractivity contribution in [1.82, 2.24) is 0 Å². The fourth-order valence-corrected chi connectivity index (χ4v) is 3.95. The van der Waals surface area contributed by atoms with Crippen molar-refractivity contribution in [3.8, 4) is 0 Å². The molecule has 0 saturated carbocycles. The maximum atomic E-state index is 13.2. The number of nitrogens with one attached hydrogen (secondary N) is 1. The van der Waals surface area contributed by atoms with Gasteiger partial charge in [0.1, 0.15) is 5.69 Å². The van der Waals surface area contributed by atoms with Crippen LogP contribution >= 0.6 is 0 Å². The average Bonchev–Trinajstić information content (AvgIpc) is 2.99. The molecule has 1 N–H and O–H groups in total. The van der Waals surface area contributed by atoms with E-state index in [1.807, 2.05) is 60.7 Å². The summed E-state index contributed by atoms with van der Waals surface area (Å²) in [6.07, 6.45) is 2.95. The summed E-state index contributed by atoms with van der Waals surface area (Å²) in [5.41, 5.74) is 1.77. The van der Waals surface area contributed by atoms with E-state index >= 15 is 0 Å². The normalized spacial score (nSPS) is 14.4. The van der Waals surface area contributed by atoms with Crippen LogP contribution in [0.2, 0.25) is 0 Å². The summed E-state index contributed by atoms with van der Waals surface area (Å²) < 4.78 is 0. The van der Waals surface area contributed by atoms with Gasteiger partial charge in [0.05, 0.1) is 22.6 Å². The second-order valence-corrected chi connectivity index (χ2v) is 8.38. The number of hydrogen-bond donors (Lipinski definition) is 1. The number of nitro groups is 1. The third kappa shape index (κ3) is 4.39. The molecule has 166 valence electrons. The van der Waals surface area contributed by atoms with Gasteiger partial charge >= 0.3 is 0 Å². The second kappa shape index (κ2) is 8.70. The molecule has 7 nitrogen and oxygen atoms in total. The zero-order valence-electron chi connectivity index (χ0n) is 18.3. The maximum Gasteiger partial charge on any atom is 0.294 e. The number of fused-ring (bicyclic) bond motifs is 1. The highest BCUT2D eigenvalue weighted by molar-refractivity contribution is 6.10. The number of nitrogens with zero attached hydrogens (tertiary/aromatic N) is 2. The Morgan fingerprint density at radius 3 is 2.33 bits per heavy atom.